The van der Waals surface area contributed by atoms with Crippen molar-refractivity contribution in [1.29, 1.82) is 0 Å². The first kappa shape index (κ1) is 12.3. The van der Waals surface area contributed by atoms with Crippen LogP contribution in [0, 0.1) is 0 Å². The smallest absolute Gasteiger partial charge is 0.165 e. The van der Waals surface area contributed by atoms with Gasteiger partial charge in [0.15, 0.2) is 11.5 Å². The van der Waals surface area contributed by atoms with Crippen LogP contribution in [0.2, 0.25) is 0 Å². The molecule has 0 amide bonds. The summed E-state index contributed by atoms with van der Waals surface area (Å²) in [6, 6.07) is 3.97. The van der Waals surface area contributed by atoms with Gasteiger partial charge in [0, 0.05) is 23.6 Å². The molecule has 2 aliphatic heterocycles. The van der Waals surface area contributed by atoms with E-state index in [0.717, 1.165) is 42.1 Å². The molecule has 1 aromatic carbocycles. The molecule has 1 aliphatic carbocycles. The van der Waals surface area contributed by atoms with Crippen LogP contribution in [0.5, 0.6) is 17.2 Å². The predicted molar refractivity (Wildman–Crippen MR) is 75.4 cm³/mol. The van der Waals surface area contributed by atoms with Crippen molar-refractivity contribution < 1.29 is 14.2 Å². The summed E-state index contributed by atoms with van der Waals surface area (Å²) in [5, 5.41) is 0. The summed E-state index contributed by atoms with van der Waals surface area (Å²) < 4.78 is 17.7. The number of hydrogen-bond donors (Lipinski definition) is 1. The molecule has 1 unspecified atom stereocenters. The van der Waals surface area contributed by atoms with E-state index < -0.39 is 0 Å². The highest BCUT2D eigenvalue weighted by Gasteiger charge is 2.47. The van der Waals surface area contributed by atoms with Gasteiger partial charge in [0.1, 0.15) is 24.6 Å². The van der Waals surface area contributed by atoms with E-state index in [2.05, 4.69) is 6.92 Å². The Balaban J connectivity index is 1.81. The molecule has 0 bridgehead atoms. The highest BCUT2D eigenvalue weighted by atomic mass is 16.6. The van der Waals surface area contributed by atoms with Crippen molar-refractivity contribution in [3.05, 3.63) is 17.7 Å². The molecule has 0 saturated heterocycles. The van der Waals surface area contributed by atoms with Crippen LogP contribution >= 0.6 is 0 Å². The first-order valence-corrected chi connectivity index (χ1v) is 7.50. The lowest BCUT2D eigenvalue weighted by Crippen LogP contribution is -2.49. The lowest BCUT2D eigenvalue weighted by Gasteiger charge is -2.44. The molecule has 1 atom stereocenters. The summed E-state index contributed by atoms with van der Waals surface area (Å²) in [5.41, 5.74) is 7.21. The summed E-state index contributed by atoms with van der Waals surface area (Å²) in [5.74, 6) is 2.45. The quantitative estimate of drug-likeness (QED) is 0.791. The van der Waals surface area contributed by atoms with Crippen molar-refractivity contribution in [2.24, 2.45) is 5.73 Å². The molecule has 0 aromatic heterocycles. The van der Waals surface area contributed by atoms with Crippen LogP contribution < -0.4 is 19.9 Å². The lowest BCUT2D eigenvalue weighted by molar-refractivity contribution is 0.0214. The highest BCUT2D eigenvalue weighted by molar-refractivity contribution is 5.54. The number of benzene rings is 1. The highest BCUT2D eigenvalue weighted by Crippen LogP contribution is 2.51. The fraction of sp³-hybridized carbons (Fsp3) is 0.625. The van der Waals surface area contributed by atoms with Crippen molar-refractivity contribution >= 4 is 0 Å². The van der Waals surface area contributed by atoms with Gasteiger partial charge < -0.3 is 19.9 Å². The summed E-state index contributed by atoms with van der Waals surface area (Å²) in [6.07, 6.45) is 5.56. The third-order valence-electron chi connectivity index (χ3n) is 4.79. The Bertz CT molecular complexity index is 547. The molecule has 1 saturated carbocycles. The van der Waals surface area contributed by atoms with Gasteiger partial charge in [0.2, 0.25) is 0 Å². The van der Waals surface area contributed by atoms with Gasteiger partial charge in [-0.05, 0) is 38.7 Å². The van der Waals surface area contributed by atoms with Gasteiger partial charge in [-0.1, -0.05) is 0 Å². The van der Waals surface area contributed by atoms with Gasteiger partial charge in [-0.2, -0.15) is 0 Å². The first-order valence-electron chi connectivity index (χ1n) is 7.50. The topological polar surface area (TPSA) is 53.7 Å². The monoisotopic (exact) mass is 275 g/mol. The maximum Gasteiger partial charge on any atom is 0.165 e. The largest absolute Gasteiger partial charge is 0.487 e. The lowest BCUT2D eigenvalue weighted by atomic mass is 9.77. The molecule has 20 heavy (non-hydrogen) atoms. The zero-order chi connectivity index (χ0) is 13.8. The fourth-order valence-electron chi connectivity index (χ4n) is 3.93. The van der Waals surface area contributed by atoms with Crippen molar-refractivity contribution in [3.63, 3.8) is 0 Å². The van der Waals surface area contributed by atoms with Crippen LogP contribution in [0.15, 0.2) is 12.1 Å². The fourth-order valence-corrected chi connectivity index (χ4v) is 3.93. The van der Waals surface area contributed by atoms with E-state index in [9.17, 15) is 0 Å². The number of hydrogen-bond acceptors (Lipinski definition) is 4. The van der Waals surface area contributed by atoms with E-state index in [1.54, 1.807) is 0 Å². The molecule has 4 rings (SSSR count). The number of rotatable bonds is 0. The standard InChI is InChI=1S/C16H21NO3/c1-15(17)10-16(4-2-3-5-16)20-12-9-14-13(8-11(12)15)18-6-7-19-14/h8-9H,2-7,10,17H2,1H3. The van der Waals surface area contributed by atoms with E-state index in [0.29, 0.717) is 13.2 Å². The second-order valence-electron chi connectivity index (χ2n) is 6.58. The van der Waals surface area contributed by atoms with Crippen molar-refractivity contribution in [1.82, 2.24) is 0 Å². The summed E-state index contributed by atoms with van der Waals surface area (Å²) in [4.78, 5) is 0. The van der Waals surface area contributed by atoms with Crippen LogP contribution in [-0.4, -0.2) is 18.8 Å². The minimum absolute atomic E-state index is 0.0692. The Hall–Kier alpha value is -1.42. The van der Waals surface area contributed by atoms with Crippen LogP contribution in [-0.2, 0) is 5.54 Å². The summed E-state index contributed by atoms with van der Waals surface area (Å²) in [7, 11) is 0. The van der Waals surface area contributed by atoms with Gasteiger partial charge in [0.05, 0.1) is 0 Å². The Morgan fingerprint density at radius 3 is 2.35 bits per heavy atom. The molecular weight excluding hydrogens is 254 g/mol. The maximum atomic E-state index is 6.60. The van der Waals surface area contributed by atoms with Crippen molar-refractivity contribution in [3.8, 4) is 17.2 Å². The van der Waals surface area contributed by atoms with Crippen LogP contribution in [0.1, 0.15) is 44.6 Å². The third-order valence-corrected chi connectivity index (χ3v) is 4.79. The van der Waals surface area contributed by atoms with Crippen LogP contribution in [0.4, 0.5) is 0 Å². The zero-order valence-electron chi connectivity index (χ0n) is 11.9. The second-order valence-corrected chi connectivity index (χ2v) is 6.58. The van der Waals surface area contributed by atoms with Gasteiger partial charge in [-0.3, -0.25) is 0 Å². The molecule has 1 fully saturated rings. The van der Waals surface area contributed by atoms with Gasteiger partial charge >= 0.3 is 0 Å². The van der Waals surface area contributed by atoms with E-state index >= 15 is 0 Å². The Morgan fingerprint density at radius 2 is 1.65 bits per heavy atom. The Morgan fingerprint density at radius 1 is 1.00 bits per heavy atom. The van der Waals surface area contributed by atoms with E-state index in [1.807, 2.05) is 12.1 Å². The van der Waals surface area contributed by atoms with E-state index in [4.69, 9.17) is 19.9 Å². The molecule has 3 aliphatic rings. The molecule has 1 spiro atoms. The minimum Gasteiger partial charge on any atom is -0.487 e. The predicted octanol–water partition coefficient (Wildman–Crippen LogP) is 2.73. The van der Waals surface area contributed by atoms with Gasteiger partial charge in [-0.15, -0.1) is 0 Å². The van der Waals surface area contributed by atoms with Gasteiger partial charge in [0.25, 0.3) is 0 Å². The van der Waals surface area contributed by atoms with Crippen molar-refractivity contribution in [2.45, 2.75) is 50.2 Å². The average molecular weight is 275 g/mol. The molecule has 4 nitrogen and oxygen atoms in total. The SMILES string of the molecule is CC1(N)CC2(CCCC2)Oc2cc3c(cc21)OCCO3. The number of fused-ring (bicyclic) bond motifs is 2. The zero-order valence-corrected chi connectivity index (χ0v) is 11.9. The average Bonchev–Trinajstić information content (AvgIpc) is 2.84. The van der Waals surface area contributed by atoms with Crippen molar-refractivity contribution in [2.75, 3.05) is 13.2 Å². The Labute approximate surface area is 119 Å². The third kappa shape index (κ3) is 1.78. The molecule has 0 radical (unpaired) electrons. The molecule has 2 heterocycles. The Kier molecular flexibility index (Phi) is 2.49. The normalized spacial score (nSPS) is 29.9. The second kappa shape index (κ2) is 4.04. The minimum atomic E-state index is -0.367. The molecule has 1 aromatic rings. The van der Waals surface area contributed by atoms with Crippen LogP contribution in [0.25, 0.3) is 0 Å². The molecular formula is C16H21NO3. The van der Waals surface area contributed by atoms with Crippen LogP contribution in [0.3, 0.4) is 0 Å². The number of ether oxygens (including phenoxy) is 3. The molecule has 2 N–H and O–H groups in total. The maximum absolute atomic E-state index is 6.60. The first-order chi connectivity index (χ1) is 9.58. The van der Waals surface area contributed by atoms with E-state index in [-0.39, 0.29) is 11.1 Å². The van der Waals surface area contributed by atoms with E-state index in [1.165, 1.54) is 12.8 Å². The molecule has 4 heteroatoms. The summed E-state index contributed by atoms with van der Waals surface area (Å²) >= 11 is 0. The number of nitrogens with two attached hydrogens (primary N) is 1. The summed E-state index contributed by atoms with van der Waals surface area (Å²) in [6.45, 7) is 3.29. The molecule has 108 valence electrons. The van der Waals surface area contributed by atoms with Gasteiger partial charge in [-0.25, -0.2) is 0 Å².